The highest BCUT2D eigenvalue weighted by Crippen LogP contribution is 2.39. The molecule has 0 radical (unpaired) electrons. The number of hydrogen-bond acceptors (Lipinski definition) is 7. The molecule has 0 bridgehead atoms. The molecule has 1 aromatic heterocycles. The smallest absolute Gasteiger partial charge is 0.201 e. The van der Waals surface area contributed by atoms with Crippen molar-refractivity contribution in [3.63, 3.8) is 0 Å². The predicted octanol–water partition coefficient (Wildman–Crippen LogP) is 2.73. The molecule has 0 amide bonds. The Morgan fingerprint density at radius 3 is 2.71 bits per heavy atom. The number of hydrogen-bond donors (Lipinski definition) is 2. The van der Waals surface area contributed by atoms with E-state index in [4.69, 9.17) is 18.9 Å². The van der Waals surface area contributed by atoms with Crippen molar-refractivity contribution in [1.82, 2.24) is 4.57 Å². The monoisotopic (exact) mass is 429 g/mol. The summed E-state index contributed by atoms with van der Waals surface area (Å²) in [5.74, 6) is 0.282. The summed E-state index contributed by atoms with van der Waals surface area (Å²) < 4.78 is 24.4. The number of ether oxygens (including phenoxy) is 4. The Morgan fingerprint density at radius 1 is 1.10 bits per heavy atom. The summed E-state index contributed by atoms with van der Waals surface area (Å²) in [4.78, 5) is 4.68. The molecule has 0 spiro atoms. The van der Waals surface area contributed by atoms with Gasteiger partial charge >= 0.3 is 0 Å². The second-order valence-electron chi connectivity index (χ2n) is 8.41. The van der Waals surface area contributed by atoms with E-state index in [0.29, 0.717) is 39.6 Å². The summed E-state index contributed by atoms with van der Waals surface area (Å²) >= 11 is 0. The summed E-state index contributed by atoms with van der Waals surface area (Å²) in [6.45, 7) is 4.41. The van der Waals surface area contributed by atoms with Crippen LogP contribution in [0.15, 0.2) is 23.2 Å². The quantitative estimate of drug-likeness (QED) is 0.760. The predicted molar refractivity (Wildman–Crippen MR) is 119 cm³/mol. The minimum atomic E-state index is 0.0141. The standard InChI is InChI=1S/C23H31N3O5/c1-28-21-14-30-10-6-18(21)25-15-2-3-20-17(12-15)22(19-13-31-11-7-24-19)23(27)26(20)16-4-8-29-9-5-16/h2-3,12,16,18,21,25,27H,4-11,13-14H2,1H3. The lowest BCUT2D eigenvalue weighted by Crippen LogP contribution is -2.43. The Hall–Kier alpha value is -2.13. The van der Waals surface area contributed by atoms with Crippen LogP contribution in [-0.4, -0.2) is 80.8 Å². The van der Waals surface area contributed by atoms with Crippen molar-refractivity contribution in [3.05, 3.63) is 23.8 Å². The van der Waals surface area contributed by atoms with Crippen molar-refractivity contribution in [1.29, 1.82) is 0 Å². The summed E-state index contributed by atoms with van der Waals surface area (Å²) in [6, 6.07) is 6.70. The van der Waals surface area contributed by atoms with Gasteiger partial charge in [0.2, 0.25) is 5.88 Å². The van der Waals surface area contributed by atoms with Crippen molar-refractivity contribution in [3.8, 4) is 5.88 Å². The van der Waals surface area contributed by atoms with Gasteiger partial charge in [0.15, 0.2) is 0 Å². The number of anilines is 1. The van der Waals surface area contributed by atoms with Gasteiger partial charge in [-0.2, -0.15) is 0 Å². The zero-order chi connectivity index (χ0) is 21.2. The van der Waals surface area contributed by atoms with E-state index in [1.807, 2.05) is 0 Å². The van der Waals surface area contributed by atoms with Gasteiger partial charge in [-0.25, -0.2) is 0 Å². The molecule has 3 aliphatic rings. The zero-order valence-electron chi connectivity index (χ0n) is 18.0. The van der Waals surface area contributed by atoms with Crippen LogP contribution in [0.1, 0.15) is 30.9 Å². The Labute approximate surface area is 182 Å². The first-order valence-electron chi connectivity index (χ1n) is 11.2. The van der Waals surface area contributed by atoms with Crippen LogP contribution in [0, 0.1) is 0 Å². The number of aromatic hydroxyl groups is 1. The van der Waals surface area contributed by atoms with Gasteiger partial charge in [0, 0.05) is 44.0 Å². The lowest BCUT2D eigenvalue weighted by molar-refractivity contribution is -0.0366. The highest BCUT2D eigenvalue weighted by molar-refractivity contribution is 6.14. The Kier molecular flexibility index (Phi) is 6.13. The van der Waals surface area contributed by atoms with E-state index in [2.05, 4.69) is 33.1 Å². The summed E-state index contributed by atoms with van der Waals surface area (Å²) in [5.41, 5.74) is 3.63. The summed E-state index contributed by atoms with van der Waals surface area (Å²) in [7, 11) is 1.72. The number of nitrogens with one attached hydrogen (secondary N) is 1. The average molecular weight is 430 g/mol. The molecular weight excluding hydrogens is 398 g/mol. The van der Waals surface area contributed by atoms with E-state index < -0.39 is 0 Å². The lowest BCUT2D eigenvalue weighted by Gasteiger charge is -2.31. The first-order chi connectivity index (χ1) is 15.3. The van der Waals surface area contributed by atoms with Gasteiger partial charge in [-0.3, -0.25) is 4.99 Å². The van der Waals surface area contributed by atoms with Gasteiger partial charge in [0.25, 0.3) is 0 Å². The second-order valence-corrected chi connectivity index (χ2v) is 8.41. The van der Waals surface area contributed by atoms with Gasteiger partial charge in [-0.1, -0.05) is 0 Å². The number of benzene rings is 1. The Bertz CT molecular complexity index is 950. The molecule has 2 fully saturated rings. The molecule has 31 heavy (non-hydrogen) atoms. The maximum Gasteiger partial charge on any atom is 0.201 e. The number of aliphatic imine (C=N–C) groups is 1. The molecule has 5 rings (SSSR count). The second kappa shape index (κ2) is 9.16. The number of rotatable bonds is 5. The van der Waals surface area contributed by atoms with E-state index in [-0.39, 0.29) is 24.1 Å². The molecule has 8 nitrogen and oxygen atoms in total. The molecule has 4 heterocycles. The molecule has 2 N–H and O–H groups in total. The van der Waals surface area contributed by atoms with E-state index in [9.17, 15) is 5.11 Å². The molecule has 3 aliphatic heterocycles. The highest BCUT2D eigenvalue weighted by Gasteiger charge is 2.29. The minimum absolute atomic E-state index is 0.0141. The average Bonchev–Trinajstić information content (AvgIpc) is 3.11. The van der Waals surface area contributed by atoms with Gasteiger partial charge in [0.1, 0.15) is 6.10 Å². The molecule has 0 saturated carbocycles. The molecule has 2 saturated heterocycles. The Balaban J connectivity index is 1.56. The number of nitrogens with zero attached hydrogens (tertiary/aromatic N) is 2. The molecule has 168 valence electrons. The zero-order valence-corrected chi connectivity index (χ0v) is 18.0. The van der Waals surface area contributed by atoms with Crippen LogP contribution in [-0.2, 0) is 18.9 Å². The highest BCUT2D eigenvalue weighted by atomic mass is 16.5. The Morgan fingerprint density at radius 2 is 1.94 bits per heavy atom. The fraction of sp³-hybridized carbons (Fsp3) is 0.609. The third kappa shape index (κ3) is 4.05. The van der Waals surface area contributed by atoms with E-state index in [1.165, 1.54) is 0 Å². The van der Waals surface area contributed by atoms with Crippen molar-refractivity contribution in [2.24, 2.45) is 4.99 Å². The molecule has 2 unspecified atom stereocenters. The largest absolute Gasteiger partial charge is 0.494 e. The number of methoxy groups -OCH3 is 1. The van der Waals surface area contributed by atoms with E-state index in [1.54, 1.807) is 7.11 Å². The van der Waals surface area contributed by atoms with Crippen LogP contribution in [0.2, 0.25) is 0 Å². The number of aromatic nitrogens is 1. The SMILES string of the molecule is COC1COCCC1Nc1ccc2c(c1)c(C1=NCCOC1)c(O)n2C1CCOCC1. The van der Waals surface area contributed by atoms with E-state index >= 15 is 0 Å². The maximum absolute atomic E-state index is 11.3. The van der Waals surface area contributed by atoms with Crippen LogP contribution in [0.4, 0.5) is 5.69 Å². The first-order valence-corrected chi connectivity index (χ1v) is 11.2. The first kappa shape index (κ1) is 20.8. The molecule has 2 aromatic rings. The number of fused-ring (bicyclic) bond motifs is 1. The lowest BCUT2D eigenvalue weighted by atomic mass is 10.0. The molecule has 2 atom stereocenters. The third-order valence-corrected chi connectivity index (χ3v) is 6.56. The fourth-order valence-electron chi connectivity index (χ4n) is 4.92. The third-order valence-electron chi connectivity index (χ3n) is 6.56. The topological polar surface area (TPSA) is 86.5 Å². The summed E-state index contributed by atoms with van der Waals surface area (Å²) in [6.07, 6.45) is 2.67. The van der Waals surface area contributed by atoms with Crippen molar-refractivity contribution in [2.75, 3.05) is 58.6 Å². The van der Waals surface area contributed by atoms with Gasteiger partial charge in [-0.05, 0) is 37.5 Å². The van der Waals surface area contributed by atoms with Crippen LogP contribution in [0.25, 0.3) is 10.9 Å². The molecule has 1 aromatic carbocycles. The van der Waals surface area contributed by atoms with Crippen LogP contribution in [0.5, 0.6) is 5.88 Å². The van der Waals surface area contributed by atoms with Gasteiger partial charge in [-0.15, -0.1) is 0 Å². The maximum atomic E-state index is 11.3. The fourth-order valence-corrected chi connectivity index (χ4v) is 4.92. The molecule has 8 heteroatoms. The van der Waals surface area contributed by atoms with Crippen LogP contribution in [0.3, 0.4) is 0 Å². The van der Waals surface area contributed by atoms with Crippen molar-refractivity contribution in [2.45, 2.75) is 37.5 Å². The van der Waals surface area contributed by atoms with Crippen LogP contribution >= 0.6 is 0 Å². The molecular formula is C23H31N3O5. The summed E-state index contributed by atoms with van der Waals surface area (Å²) in [5, 5.41) is 16.0. The van der Waals surface area contributed by atoms with Crippen LogP contribution < -0.4 is 5.32 Å². The van der Waals surface area contributed by atoms with Crippen molar-refractivity contribution >= 4 is 22.3 Å². The van der Waals surface area contributed by atoms with Crippen molar-refractivity contribution < 1.29 is 24.1 Å². The van der Waals surface area contributed by atoms with Gasteiger partial charge in [0.05, 0.1) is 49.2 Å². The minimum Gasteiger partial charge on any atom is -0.494 e. The molecule has 0 aliphatic carbocycles. The van der Waals surface area contributed by atoms with Gasteiger partial charge < -0.3 is 33.9 Å². The normalized spacial score (nSPS) is 25.5. The van der Waals surface area contributed by atoms with E-state index in [0.717, 1.165) is 53.7 Å².